The average Bonchev–Trinajstić information content (AvgIpc) is 3.12. The fraction of sp³-hybridized carbons (Fsp3) is 0.511. The molecular weight excluding hydrogens is 620 g/mol. The van der Waals surface area contributed by atoms with Crippen molar-refractivity contribution < 1.29 is 24.2 Å². The zero-order valence-electron chi connectivity index (χ0n) is 31.3. The van der Waals surface area contributed by atoms with Crippen LogP contribution in [0, 0.1) is 0 Å². The molecule has 0 aliphatic rings. The molecule has 0 saturated carbocycles. The fourth-order valence-electron chi connectivity index (χ4n) is 4.45. The van der Waals surface area contributed by atoms with Crippen LogP contribution in [-0.2, 0) is 19.1 Å². The van der Waals surface area contributed by atoms with Crippen LogP contribution >= 0.6 is 0 Å². The highest BCUT2D eigenvalue weighted by atomic mass is 16.6. The Morgan fingerprint density at radius 2 is 0.840 bits per heavy atom. The molecule has 0 heterocycles. The normalized spacial score (nSPS) is 13.6. The maximum atomic E-state index is 12.2. The summed E-state index contributed by atoms with van der Waals surface area (Å²) in [5.74, 6) is -0.731. The van der Waals surface area contributed by atoms with Gasteiger partial charge in [-0.3, -0.25) is 9.59 Å². The first-order chi connectivity index (χ1) is 24.6. The molecule has 0 rings (SSSR count). The zero-order chi connectivity index (χ0) is 36.4. The first-order valence-electron chi connectivity index (χ1n) is 19.1. The summed E-state index contributed by atoms with van der Waals surface area (Å²) in [6.07, 6.45) is 58.4. The molecule has 0 bridgehead atoms. The summed E-state index contributed by atoms with van der Waals surface area (Å²) in [5.41, 5.74) is 0. The van der Waals surface area contributed by atoms with Gasteiger partial charge in [0.2, 0.25) is 0 Å². The molecule has 0 aliphatic carbocycles. The molecule has 50 heavy (non-hydrogen) atoms. The monoisotopic (exact) mass is 689 g/mol. The number of aliphatic hydroxyl groups excluding tert-OH is 1. The molecule has 0 amide bonds. The van der Waals surface area contributed by atoms with Gasteiger partial charge in [-0.1, -0.05) is 148 Å². The summed E-state index contributed by atoms with van der Waals surface area (Å²) >= 11 is 0. The molecule has 0 aromatic rings. The number of hydrogen-bond acceptors (Lipinski definition) is 5. The van der Waals surface area contributed by atoms with Gasteiger partial charge in [0.25, 0.3) is 0 Å². The zero-order valence-corrected chi connectivity index (χ0v) is 31.3. The number of esters is 2. The number of carbonyl (C=O) groups is 2. The number of ether oxygens (including phenoxy) is 2. The van der Waals surface area contributed by atoms with Crippen molar-refractivity contribution in [1.82, 2.24) is 0 Å². The number of hydrogen-bond donors (Lipinski definition) is 1. The van der Waals surface area contributed by atoms with E-state index >= 15 is 0 Å². The van der Waals surface area contributed by atoms with E-state index in [4.69, 9.17) is 9.47 Å². The highest BCUT2D eigenvalue weighted by Gasteiger charge is 2.15. The van der Waals surface area contributed by atoms with Crippen LogP contribution in [0.25, 0.3) is 0 Å². The summed E-state index contributed by atoms with van der Waals surface area (Å²) in [4.78, 5) is 24.2. The molecule has 278 valence electrons. The molecule has 0 fully saturated rings. The van der Waals surface area contributed by atoms with E-state index in [0.29, 0.717) is 12.8 Å². The Bertz CT molecular complexity index is 1100. The van der Waals surface area contributed by atoms with Crippen molar-refractivity contribution in [2.24, 2.45) is 0 Å². The first-order valence-corrected chi connectivity index (χ1v) is 19.1. The average molecular weight is 689 g/mol. The molecule has 1 N–H and O–H groups in total. The van der Waals surface area contributed by atoms with Crippen molar-refractivity contribution in [2.45, 2.75) is 136 Å². The Labute approximate surface area is 305 Å². The van der Waals surface area contributed by atoms with E-state index in [1.54, 1.807) is 0 Å². The largest absolute Gasteiger partial charge is 0.462 e. The summed E-state index contributed by atoms with van der Waals surface area (Å²) in [6, 6.07) is 0. The highest BCUT2D eigenvalue weighted by molar-refractivity contribution is 5.70. The predicted octanol–water partition coefficient (Wildman–Crippen LogP) is 12.1. The second-order valence-electron chi connectivity index (χ2n) is 11.9. The summed E-state index contributed by atoms with van der Waals surface area (Å²) < 4.78 is 10.5. The smallest absolute Gasteiger partial charge is 0.306 e. The summed E-state index contributed by atoms with van der Waals surface area (Å²) in [5, 5.41) is 9.53. The number of unbranched alkanes of at least 4 members (excludes halogenated alkanes) is 4. The molecule has 0 saturated heterocycles. The molecule has 5 nitrogen and oxygen atoms in total. The van der Waals surface area contributed by atoms with Crippen LogP contribution in [0.2, 0.25) is 0 Å². The van der Waals surface area contributed by atoms with E-state index in [1.165, 1.54) is 0 Å². The molecule has 0 aromatic heterocycles. The van der Waals surface area contributed by atoms with Crippen molar-refractivity contribution in [3.05, 3.63) is 122 Å². The van der Waals surface area contributed by atoms with Gasteiger partial charge in [-0.15, -0.1) is 0 Å². The second kappa shape index (κ2) is 39.7. The van der Waals surface area contributed by atoms with Gasteiger partial charge in [0.1, 0.15) is 6.61 Å². The Kier molecular flexibility index (Phi) is 36.8. The van der Waals surface area contributed by atoms with Crippen LogP contribution in [0.15, 0.2) is 122 Å². The quantitative estimate of drug-likeness (QED) is 0.0433. The van der Waals surface area contributed by atoms with Gasteiger partial charge in [-0.05, 0) is 89.9 Å². The molecule has 0 aliphatic heterocycles. The van der Waals surface area contributed by atoms with Gasteiger partial charge in [0.15, 0.2) is 6.10 Å². The molecule has 0 radical (unpaired) electrons. The van der Waals surface area contributed by atoms with Gasteiger partial charge in [-0.2, -0.15) is 0 Å². The minimum atomic E-state index is -0.822. The lowest BCUT2D eigenvalue weighted by molar-refractivity contribution is -0.161. The third-order valence-corrected chi connectivity index (χ3v) is 7.26. The van der Waals surface area contributed by atoms with Gasteiger partial charge in [0, 0.05) is 12.8 Å². The Morgan fingerprint density at radius 1 is 0.460 bits per heavy atom. The van der Waals surface area contributed by atoms with Crippen molar-refractivity contribution in [1.29, 1.82) is 0 Å². The number of aliphatic hydroxyl groups is 1. The van der Waals surface area contributed by atoms with Crippen LogP contribution in [0.5, 0.6) is 0 Å². The van der Waals surface area contributed by atoms with Crippen LogP contribution in [0.3, 0.4) is 0 Å². The van der Waals surface area contributed by atoms with Crippen molar-refractivity contribution in [3.63, 3.8) is 0 Å². The van der Waals surface area contributed by atoms with E-state index < -0.39 is 6.10 Å². The van der Waals surface area contributed by atoms with Gasteiger partial charge >= 0.3 is 11.9 Å². The Morgan fingerprint density at radius 3 is 1.26 bits per heavy atom. The lowest BCUT2D eigenvalue weighted by atomic mass is 10.1. The van der Waals surface area contributed by atoms with Crippen molar-refractivity contribution >= 4 is 11.9 Å². The summed E-state index contributed by atoms with van der Waals surface area (Å²) in [6.45, 7) is 3.79. The lowest BCUT2D eigenvalue weighted by Crippen LogP contribution is -2.28. The second-order valence-corrected chi connectivity index (χ2v) is 11.9. The fourth-order valence-corrected chi connectivity index (χ4v) is 4.45. The molecular formula is C45H68O5. The third kappa shape index (κ3) is 37.1. The minimum absolute atomic E-state index is 0.124. The predicted molar refractivity (Wildman–Crippen MR) is 214 cm³/mol. The number of carbonyl (C=O) groups excluding carboxylic acids is 2. The molecule has 0 spiro atoms. The van der Waals surface area contributed by atoms with Gasteiger partial charge in [0.05, 0.1) is 6.61 Å². The van der Waals surface area contributed by atoms with Crippen molar-refractivity contribution in [2.75, 3.05) is 13.2 Å². The lowest BCUT2D eigenvalue weighted by Gasteiger charge is -2.15. The molecule has 1 unspecified atom stereocenters. The standard InChI is InChI=1S/C45H68O5/c1-3-5-7-9-11-13-15-17-18-19-20-21-22-23-24-25-26-28-30-32-34-36-38-40-45(48)50-43(41-46)42-49-44(47)39-37-35-33-31-29-27-16-14-12-10-8-6-4-2/h5-8,11-14,17-18,20-21,23-24,26-29,33,35,43,46H,3-4,9-10,15-16,19,22,25,30-32,34,36-42H2,1-2H3/b7-5-,8-6-,13-11-,14-12-,18-17-,21-20-,24-23-,28-26-,29-27-,35-33-. The van der Waals surface area contributed by atoms with E-state index in [9.17, 15) is 14.7 Å². The van der Waals surface area contributed by atoms with Crippen LogP contribution in [-0.4, -0.2) is 36.4 Å². The maximum absolute atomic E-state index is 12.2. The van der Waals surface area contributed by atoms with E-state index in [2.05, 4.69) is 123 Å². The molecule has 1 atom stereocenters. The van der Waals surface area contributed by atoms with Crippen LogP contribution < -0.4 is 0 Å². The van der Waals surface area contributed by atoms with Crippen LogP contribution in [0.1, 0.15) is 129 Å². The Balaban J connectivity index is 3.77. The van der Waals surface area contributed by atoms with E-state index in [-0.39, 0.29) is 31.6 Å². The van der Waals surface area contributed by atoms with Crippen LogP contribution in [0.4, 0.5) is 0 Å². The van der Waals surface area contributed by atoms with E-state index in [1.807, 2.05) is 12.2 Å². The van der Waals surface area contributed by atoms with Gasteiger partial charge < -0.3 is 14.6 Å². The third-order valence-electron chi connectivity index (χ3n) is 7.26. The highest BCUT2D eigenvalue weighted by Crippen LogP contribution is 2.09. The van der Waals surface area contributed by atoms with Crippen molar-refractivity contribution in [3.8, 4) is 0 Å². The number of allylic oxidation sites excluding steroid dienone is 20. The topological polar surface area (TPSA) is 72.8 Å². The Hall–Kier alpha value is -3.70. The van der Waals surface area contributed by atoms with E-state index in [0.717, 1.165) is 96.3 Å². The minimum Gasteiger partial charge on any atom is -0.462 e. The SMILES string of the molecule is CC/C=C\C/C=C\C/C=C\C/C=C\C/C=C\C/C=C\CCCCCCC(=O)OC(CO)COC(=O)CC/C=C\C/C=C\C/C=C\C/C=C\CC. The maximum Gasteiger partial charge on any atom is 0.306 e. The molecule has 5 heteroatoms. The van der Waals surface area contributed by atoms with Gasteiger partial charge in [-0.25, -0.2) is 0 Å². The summed E-state index contributed by atoms with van der Waals surface area (Å²) in [7, 11) is 0. The molecule has 0 aromatic carbocycles. The first kappa shape index (κ1) is 46.3. The number of rotatable bonds is 32.